The first-order chi connectivity index (χ1) is 12.5. The van der Waals surface area contributed by atoms with E-state index in [1.54, 1.807) is 32.0 Å². The van der Waals surface area contributed by atoms with Crippen LogP contribution < -0.4 is 0 Å². The van der Waals surface area contributed by atoms with Crippen molar-refractivity contribution in [2.24, 2.45) is 0 Å². The SMILES string of the molecule is CCOC(=O)c1ccc2nn(-c3ccc(Br)cc3)c(C(=O)OCC)c2c1. The molecular formula is C19H17BrN2O4. The molecule has 0 N–H and O–H groups in total. The standard InChI is InChI=1S/C19H17BrN2O4/c1-3-25-18(23)12-5-10-16-15(11-12)17(19(24)26-4-2)22(21-16)14-8-6-13(20)7-9-14/h5-11H,3-4H2,1-2H3. The smallest absolute Gasteiger partial charge is 0.357 e. The molecule has 7 heteroatoms. The van der Waals surface area contributed by atoms with Crippen molar-refractivity contribution in [3.05, 3.63) is 58.2 Å². The van der Waals surface area contributed by atoms with Crippen LogP contribution in [-0.4, -0.2) is 34.9 Å². The van der Waals surface area contributed by atoms with E-state index in [1.807, 2.05) is 24.3 Å². The van der Waals surface area contributed by atoms with Crippen molar-refractivity contribution >= 4 is 38.8 Å². The van der Waals surface area contributed by atoms with Gasteiger partial charge in [0.05, 0.1) is 30.0 Å². The number of hydrogen-bond donors (Lipinski definition) is 0. The zero-order valence-electron chi connectivity index (χ0n) is 14.4. The van der Waals surface area contributed by atoms with E-state index in [9.17, 15) is 9.59 Å². The number of hydrogen-bond acceptors (Lipinski definition) is 5. The number of aromatic nitrogens is 2. The third-order valence-electron chi connectivity index (χ3n) is 3.72. The number of nitrogens with zero attached hydrogens (tertiary/aromatic N) is 2. The Labute approximate surface area is 158 Å². The van der Waals surface area contributed by atoms with E-state index < -0.39 is 11.9 Å². The molecule has 134 valence electrons. The first-order valence-electron chi connectivity index (χ1n) is 8.18. The maximum absolute atomic E-state index is 12.6. The molecule has 3 aromatic rings. The lowest BCUT2D eigenvalue weighted by molar-refractivity contribution is 0.0510. The molecule has 0 radical (unpaired) electrons. The lowest BCUT2D eigenvalue weighted by Gasteiger charge is -2.07. The molecular weight excluding hydrogens is 400 g/mol. The number of esters is 2. The second kappa shape index (κ2) is 7.70. The summed E-state index contributed by atoms with van der Waals surface area (Å²) in [7, 11) is 0. The monoisotopic (exact) mass is 416 g/mol. The van der Waals surface area contributed by atoms with Crippen LogP contribution in [0.1, 0.15) is 34.7 Å². The Morgan fingerprint density at radius 2 is 1.65 bits per heavy atom. The molecule has 2 aromatic carbocycles. The van der Waals surface area contributed by atoms with Gasteiger partial charge in [0.15, 0.2) is 5.69 Å². The third kappa shape index (κ3) is 3.48. The molecule has 0 aliphatic heterocycles. The highest BCUT2D eigenvalue weighted by atomic mass is 79.9. The number of benzene rings is 2. The molecule has 0 atom stereocenters. The van der Waals surface area contributed by atoms with Crippen LogP contribution in [0.15, 0.2) is 46.9 Å². The van der Waals surface area contributed by atoms with E-state index in [4.69, 9.17) is 9.47 Å². The predicted octanol–water partition coefficient (Wildman–Crippen LogP) is 4.14. The van der Waals surface area contributed by atoms with Gasteiger partial charge in [-0.15, -0.1) is 0 Å². The van der Waals surface area contributed by atoms with Gasteiger partial charge in [0.25, 0.3) is 0 Å². The second-order valence-electron chi connectivity index (χ2n) is 5.41. The van der Waals surface area contributed by atoms with Gasteiger partial charge < -0.3 is 9.47 Å². The summed E-state index contributed by atoms with van der Waals surface area (Å²) in [4.78, 5) is 24.6. The normalized spacial score (nSPS) is 10.7. The molecule has 0 amide bonds. The molecule has 0 spiro atoms. The minimum atomic E-state index is -0.501. The van der Waals surface area contributed by atoms with Gasteiger partial charge in [-0.3, -0.25) is 0 Å². The molecule has 0 unspecified atom stereocenters. The summed E-state index contributed by atoms with van der Waals surface area (Å²) >= 11 is 3.39. The molecule has 0 fully saturated rings. The summed E-state index contributed by atoms with van der Waals surface area (Å²) in [6.45, 7) is 4.00. The van der Waals surface area contributed by atoms with Crippen molar-refractivity contribution in [3.63, 3.8) is 0 Å². The van der Waals surface area contributed by atoms with Crippen LogP contribution in [0.4, 0.5) is 0 Å². The van der Waals surface area contributed by atoms with Crippen LogP contribution in [0, 0.1) is 0 Å². The van der Waals surface area contributed by atoms with Crippen molar-refractivity contribution in [3.8, 4) is 5.69 Å². The van der Waals surface area contributed by atoms with Crippen LogP contribution in [-0.2, 0) is 9.47 Å². The minimum Gasteiger partial charge on any atom is -0.462 e. The molecule has 0 aliphatic carbocycles. The van der Waals surface area contributed by atoms with Crippen molar-refractivity contribution in [2.75, 3.05) is 13.2 Å². The number of rotatable bonds is 5. The average Bonchev–Trinajstić information content (AvgIpc) is 3.01. The Kier molecular flexibility index (Phi) is 5.37. The number of ether oxygens (including phenoxy) is 2. The van der Waals surface area contributed by atoms with Gasteiger partial charge in [-0.2, -0.15) is 5.10 Å². The maximum Gasteiger partial charge on any atom is 0.357 e. The first-order valence-corrected chi connectivity index (χ1v) is 8.97. The molecule has 0 bridgehead atoms. The van der Waals surface area contributed by atoms with Gasteiger partial charge in [0, 0.05) is 9.86 Å². The summed E-state index contributed by atoms with van der Waals surface area (Å²) in [6, 6.07) is 12.3. The van der Waals surface area contributed by atoms with Crippen molar-refractivity contribution in [1.29, 1.82) is 0 Å². The number of halogens is 1. The average molecular weight is 417 g/mol. The van der Waals surface area contributed by atoms with E-state index in [2.05, 4.69) is 21.0 Å². The van der Waals surface area contributed by atoms with E-state index >= 15 is 0 Å². The Balaban J connectivity index is 2.20. The lowest BCUT2D eigenvalue weighted by Crippen LogP contribution is -2.12. The zero-order chi connectivity index (χ0) is 18.7. The molecule has 0 saturated carbocycles. The Bertz CT molecular complexity index is 964. The van der Waals surface area contributed by atoms with Crippen LogP contribution in [0.3, 0.4) is 0 Å². The summed E-state index contributed by atoms with van der Waals surface area (Å²) in [6.07, 6.45) is 0. The van der Waals surface area contributed by atoms with Gasteiger partial charge in [-0.05, 0) is 56.3 Å². The van der Waals surface area contributed by atoms with Gasteiger partial charge in [-0.1, -0.05) is 15.9 Å². The van der Waals surface area contributed by atoms with E-state index in [0.717, 1.165) is 4.47 Å². The van der Waals surface area contributed by atoms with Gasteiger partial charge in [0.1, 0.15) is 0 Å². The summed E-state index contributed by atoms with van der Waals surface area (Å²) in [5, 5.41) is 5.05. The predicted molar refractivity (Wildman–Crippen MR) is 101 cm³/mol. The summed E-state index contributed by atoms with van der Waals surface area (Å²) in [5.41, 5.74) is 1.93. The third-order valence-corrected chi connectivity index (χ3v) is 4.25. The fraction of sp³-hybridized carbons (Fsp3) is 0.211. The fourth-order valence-corrected chi connectivity index (χ4v) is 2.86. The molecule has 0 aliphatic rings. The number of carbonyl (C=O) groups excluding carboxylic acids is 2. The van der Waals surface area contributed by atoms with Crippen LogP contribution in [0.5, 0.6) is 0 Å². The fourth-order valence-electron chi connectivity index (χ4n) is 2.59. The number of fused-ring (bicyclic) bond motifs is 1. The van der Waals surface area contributed by atoms with E-state index in [1.165, 1.54) is 4.68 Å². The highest BCUT2D eigenvalue weighted by Crippen LogP contribution is 2.25. The summed E-state index contributed by atoms with van der Waals surface area (Å²) in [5.74, 6) is -0.945. The van der Waals surface area contributed by atoms with Crippen LogP contribution in [0.25, 0.3) is 16.6 Å². The Hall–Kier alpha value is -2.67. The van der Waals surface area contributed by atoms with Crippen LogP contribution in [0.2, 0.25) is 0 Å². The molecule has 3 rings (SSSR count). The maximum atomic E-state index is 12.6. The Morgan fingerprint density at radius 1 is 1.00 bits per heavy atom. The van der Waals surface area contributed by atoms with Crippen LogP contribution >= 0.6 is 15.9 Å². The minimum absolute atomic E-state index is 0.239. The van der Waals surface area contributed by atoms with Gasteiger partial charge >= 0.3 is 11.9 Å². The highest BCUT2D eigenvalue weighted by molar-refractivity contribution is 9.10. The molecule has 6 nitrogen and oxygen atoms in total. The molecule has 26 heavy (non-hydrogen) atoms. The molecule has 1 aromatic heterocycles. The second-order valence-corrected chi connectivity index (χ2v) is 6.33. The van der Waals surface area contributed by atoms with E-state index in [-0.39, 0.29) is 18.9 Å². The first kappa shape index (κ1) is 18.1. The quantitative estimate of drug-likeness (QED) is 0.584. The summed E-state index contributed by atoms with van der Waals surface area (Å²) < 4.78 is 12.7. The van der Waals surface area contributed by atoms with Crippen molar-refractivity contribution in [2.45, 2.75) is 13.8 Å². The topological polar surface area (TPSA) is 70.4 Å². The molecule has 0 saturated heterocycles. The van der Waals surface area contributed by atoms with Crippen molar-refractivity contribution < 1.29 is 19.1 Å². The van der Waals surface area contributed by atoms with Gasteiger partial charge in [0.2, 0.25) is 0 Å². The lowest BCUT2D eigenvalue weighted by atomic mass is 10.1. The van der Waals surface area contributed by atoms with Gasteiger partial charge in [-0.25, -0.2) is 14.3 Å². The molecule has 1 heterocycles. The van der Waals surface area contributed by atoms with E-state index in [0.29, 0.717) is 22.2 Å². The Morgan fingerprint density at radius 3 is 2.31 bits per heavy atom. The largest absolute Gasteiger partial charge is 0.462 e. The number of carbonyl (C=O) groups is 2. The van der Waals surface area contributed by atoms with Crippen molar-refractivity contribution in [1.82, 2.24) is 9.78 Å². The highest BCUT2D eigenvalue weighted by Gasteiger charge is 2.22. The zero-order valence-corrected chi connectivity index (χ0v) is 15.9.